The molecule has 0 radical (unpaired) electrons. The van der Waals surface area contributed by atoms with Crippen molar-refractivity contribution in [2.75, 3.05) is 60.5 Å². The van der Waals surface area contributed by atoms with Gasteiger partial charge < -0.3 is 29.3 Å². The summed E-state index contributed by atoms with van der Waals surface area (Å²) in [5.41, 5.74) is 0. The zero-order valence-corrected chi connectivity index (χ0v) is 34.3. The third-order valence-electron chi connectivity index (χ3n) is 9.49. The molecule has 0 aliphatic heterocycles. The van der Waals surface area contributed by atoms with Gasteiger partial charge in [0.15, 0.2) is 0 Å². The molecule has 0 saturated heterocycles. The molecule has 51 heavy (non-hydrogen) atoms. The Kier molecular flexibility index (Phi) is 36.5. The summed E-state index contributed by atoms with van der Waals surface area (Å²) in [7, 11) is 6.35. The Balaban J connectivity index is 4.33. The lowest BCUT2D eigenvalue weighted by Crippen LogP contribution is -2.32. The summed E-state index contributed by atoms with van der Waals surface area (Å²) in [5, 5.41) is 2.95. The number of nitrogens with zero attached hydrogens (tertiary/aromatic N) is 2. The molecule has 9 heteroatoms. The van der Waals surface area contributed by atoms with Crippen LogP contribution in [0, 0.1) is 0 Å². The van der Waals surface area contributed by atoms with Crippen LogP contribution in [0.25, 0.3) is 0 Å². The van der Waals surface area contributed by atoms with Crippen molar-refractivity contribution in [1.29, 1.82) is 0 Å². The number of alkyl carbamates (subject to hydrolysis) is 1. The van der Waals surface area contributed by atoms with Crippen LogP contribution in [-0.4, -0.2) is 94.5 Å². The molecule has 0 aliphatic carbocycles. The van der Waals surface area contributed by atoms with E-state index in [2.05, 4.69) is 50.1 Å². The number of unbranched alkanes of at least 4 members (excludes halogenated alkanes) is 17. The van der Waals surface area contributed by atoms with Gasteiger partial charge in [-0.25, -0.2) is 4.79 Å². The van der Waals surface area contributed by atoms with Gasteiger partial charge in [0.05, 0.1) is 13.2 Å². The third-order valence-corrected chi connectivity index (χ3v) is 9.49. The molecule has 0 spiro atoms. The number of hydrogen-bond acceptors (Lipinski definition) is 8. The first kappa shape index (κ1) is 49.1. The van der Waals surface area contributed by atoms with E-state index in [0.29, 0.717) is 32.6 Å². The minimum Gasteiger partial charge on any atom is -0.466 e. The minimum atomic E-state index is -0.341. The van der Waals surface area contributed by atoms with Crippen LogP contribution in [0.3, 0.4) is 0 Å². The predicted octanol–water partition coefficient (Wildman–Crippen LogP) is 10.2. The molecule has 0 unspecified atom stereocenters. The van der Waals surface area contributed by atoms with Gasteiger partial charge in [-0.1, -0.05) is 90.9 Å². The fraction of sp³-hybridized carbons (Fsp3) is 0.929. The number of hydrogen-bond donors (Lipinski definition) is 1. The lowest BCUT2D eigenvalue weighted by Gasteiger charge is -2.19. The lowest BCUT2D eigenvalue weighted by molar-refractivity contribution is -0.144. The summed E-state index contributed by atoms with van der Waals surface area (Å²) in [6.07, 6.45) is 27.4. The summed E-state index contributed by atoms with van der Waals surface area (Å²) in [4.78, 5) is 41.4. The van der Waals surface area contributed by atoms with Gasteiger partial charge in [0.2, 0.25) is 0 Å². The number of carbonyl (C=O) groups is 3. The SMILES string of the molecule is CCCCCCCCCC(=O)OCCCCCC(CCCCCOC(=O)CCCCCCCCC)OC(=O)NCCCN(C)CCCCN(C)C. The van der Waals surface area contributed by atoms with Crippen molar-refractivity contribution in [3.05, 3.63) is 0 Å². The van der Waals surface area contributed by atoms with Crippen LogP contribution < -0.4 is 5.32 Å². The highest BCUT2D eigenvalue weighted by molar-refractivity contribution is 5.69. The molecule has 0 aromatic carbocycles. The van der Waals surface area contributed by atoms with Crippen molar-refractivity contribution in [1.82, 2.24) is 15.1 Å². The first-order chi connectivity index (χ1) is 24.8. The number of amides is 1. The van der Waals surface area contributed by atoms with E-state index >= 15 is 0 Å². The van der Waals surface area contributed by atoms with Crippen LogP contribution in [0.2, 0.25) is 0 Å². The summed E-state index contributed by atoms with van der Waals surface area (Å²) in [6, 6.07) is 0. The van der Waals surface area contributed by atoms with Crippen molar-refractivity contribution in [3.8, 4) is 0 Å². The van der Waals surface area contributed by atoms with Crippen molar-refractivity contribution >= 4 is 18.0 Å². The van der Waals surface area contributed by atoms with Gasteiger partial charge in [-0.05, 0) is 124 Å². The van der Waals surface area contributed by atoms with Gasteiger partial charge in [-0.2, -0.15) is 0 Å². The first-order valence-corrected chi connectivity index (χ1v) is 21.4. The Bertz CT molecular complexity index is 755. The number of carbonyl (C=O) groups excluding carboxylic acids is 3. The maximum atomic E-state index is 12.7. The Labute approximate surface area is 315 Å². The van der Waals surface area contributed by atoms with E-state index in [1.807, 2.05) is 0 Å². The maximum Gasteiger partial charge on any atom is 0.407 e. The normalized spacial score (nSPS) is 11.5. The van der Waals surface area contributed by atoms with E-state index in [-0.39, 0.29) is 24.1 Å². The van der Waals surface area contributed by atoms with Crippen LogP contribution in [-0.2, 0) is 23.8 Å². The van der Waals surface area contributed by atoms with Crippen molar-refractivity contribution < 1.29 is 28.6 Å². The summed E-state index contributed by atoms with van der Waals surface area (Å²) >= 11 is 0. The van der Waals surface area contributed by atoms with E-state index in [1.54, 1.807) is 0 Å². The van der Waals surface area contributed by atoms with Crippen LogP contribution in [0.5, 0.6) is 0 Å². The molecule has 0 heterocycles. The zero-order chi connectivity index (χ0) is 37.6. The molecule has 0 bridgehead atoms. The quantitative estimate of drug-likeness (QED) is 0.0382. The molecule has 0 aromatic rings. The van der Waals surface area contributed by atoms with Crippen LogP contribution in [0.15, 0.2) is 0 Å². The number of rotatable bonds is 38. The van der Waals surface area contributed by atoms with E-state index in [1.165, 1.54) is 77.0 Å². The second-order valence-corrected chi connectivity index (χ2v) is 15.0. The summed E-state index contributed by atoms with van der Waals surface area (Å²) in [6.45, 7) is 9.09. The zero-order valence-electron chi connectivity index (χ0n) is 34.3. The molecular formula is C42H83N3O6. The lowest BCUT2D eigenvalue weighted by atomic mass is 10.0. The van der Waals surface area contributed by atoms with Crippen molar-refractivity contribution in [3.63, 3.8) is 0 Å². The molecule has 0 saturated carbocycles. The fourth-order valence-electron chi connectivity index (χ4n) is 6.19. The Morgan fingerprint density at radius 2 is 0.941 bits per heavy atom. The Morgan fingerprint density at radius 1 is 0.510 bits per heavy atom. The molecule has 0 aliphatic rings. The number of esters is 2. The van der Waals surface area contributed by atoms with Gasteiger partial charge in [-0.15, -0.1) is 0 Å². The fourth-order valence-corrected chi connectivity index (χ4v) is 6.19. The van der Waals surface area contributed by atoms with E-state index < -0.39 is 0 Å². The van der Waals surface area contributed by atoms with Gasteiger partial charge in [0.25, 0.3) is 0 Å². The second kappa shape index (κ2) is 37.9. The highest BCUT2D eigenvalue weighted by atomic mass is 16.6. The number of ether oxygens (including phenoxy) is 3. The van der Waals surface area contributed by atoms with E-state index in [4.69, 9.17) is 14.2 Å². The van der Waals surface area contributed by atoms with Crippen LogP contribution in [0.1, 0.15) is 187 Å². The Hall–Kier alpha value is -1.87. The van der Waals surface area contributed by atoms with Gasteiger partial charge in [0.1, 0.15) is 6.10 Å². The maximum absolute atomic E-state index is 12.7. The summed E-state index contributed by atoms with van der Waals surface area (Å²) < 4.78 is 16.8. The monoisotopic (exact) mass is 726 g/mol. The molecule has 9 nitrogen and oxygen atoms in total. The molecule has 0 rings (SSSR count). The van der Waals surface area contributed by atoms with Gasteiger partial charge >= 0.3 is 18.0 Å². The Morgan fingerprint density at radius 3 is 1.43 bits per heavy atom. The van der Waals surface area contributed by atoms with Crippen LogP contribution in [0.4, 0.5) is 4.79 Å². The second-order valence-electron chi connectivity index (χ2n) is 15.0. The van der Waals surface area contributed by atoms with Crippen molar-refractivity contribution in [2.24, 2.45) is 0 Å². The third kappa shape index (κ3) is 37.7. The standard InChI is InChI=1S/C42H83N3O6/c1-6-8-10-12-14-16-22-31-40(46)49-37-26-18-20-29-39(51-42(48)43-33-28-36-45(5)35-25-24-34-44(3)4)30-21-19-27-38-50-41(47)32-23-17-15-13-11-9-7-2/h39H,6-38H2,1-5H3,(H,43,48). The average molecular weight is 726 g/mol. The predicted molar refractivity (Wildman–Crippen MR) is 212 cm³/mol. The number of nitrogens with one attached hydrogen (secondary N) is 1. The minimum absolute atomic E-state index is 0.0829. The summed E-state index contributed by atoms with van der Waals surface area (Å²) in [5.74, 6) is -0.166. The molecule has 1 amide bonds. The molecule has 0 atom stereocenters. The van der Waals surface area contributed by atoms with Crippen LogP contribution >= 0.6 is 0 Å². The van der Waals surface area contributed by atoms with Gasteiger partial charge in [0, 0.05) is 19.4 Å². The van der Waals surface area contributed by atoms with E-state index in [9.17, 15) is 14.4 Å². The molecule has 0 fully saturated rings. The largest absolute Gasteiger partial charge is 0.466 e. The smallest absolute Gasteiger partial charge is 0.407 e. The van der Waals surface area contributed by atoms with Crippen molar-refractivity contribution in [2.45, 2.75) is 193 Å². The highest BCUT2D eigenvalue weighted by Gasteiger charge is 2.15. The average Bonchev–Trinajstić information content (AvgIpc) is 3.10. The molecule has 0 aromatic heterocycles. The molecule has 302 valence electrons. The first-order valence-electron chi connectivity index (χ1n) is 21.4. The topological polar surface area (TPSA) is 97.4 Å². The molecular weight excluding hydrogens is 642 g/mol. The van der Waals surface area contributed by atoms with E-state index in [0.717, 1.165) is 103 Å². The van der Waals surface area contributed by atoms with Gasteiger partial charge in [-0.3, -0.25) is 9.59 Å². The highest BCUT2D eigenvalue weighted by Crippen LogP contribution is 2.16. The molecule has 1 N–H and O–H groups in total.